The zero-order valence-corrected chi connectivity index (χ0v) is 9.09. The van der Waals surface area contributed by atoms with E-state index in [-0.39, 0.29) is 12.4 Å². The Balaban J connectivity index is 0.00000112. The molecule has 1 aromatic rings. The fraction of sp³-hybridized carbons (Fsp3) is 0.364. The van der Waals surface area contributed by atoms with Gasteiger partial charge in [-0.15, -0.1) is 12.4 Å². The van der Waals surface area contributed by atoms with Gasteiger partial charge in [0.15, 0.2) is 0 Å². The summed E-state index contributed by atoms with van der Waals surface area (Å²) in [6.45, 7) is 0. The highest BCUT2D eigenvalue weighted by molar-refractivity contribution is 5.85. The van der Waals surface area contributed by atoms with Gasteiger partial charge in [-0.3, -0.25) is 4.79 Å². The van der Waals surface area contributed by atoms with Crippen LogP contribution in [-0.2, 0) is 10.2 Å². The van der Waals surface area contributed by atoms with E-state index in [1.165, 1.54) is 0 Å². The molecule has 0 aliphatic heterocycles. The van der Waals surface area contributed by atoms with Gasteiger partial charge in [0.1, 0.15) is 0 Å². The second-order valence-corrected chi connectivity index (χ2v) is 3.87. The Bertz CT molecular complexity index is 375. The summed E-state index contributed by atoms with van der Waals surface area (Å²) in [7, 11) is 0. The first-order chi connectivity index (χ1) is 6.65. The quantitative estimate of drug-likeness (QED) is 0.762. The van der Waals surface area contributed by atoms with E-state index in [1.54, 1.807) is 12.1 Å². The third kappa shape index (κ3) is 1.79. The first-order valence-electron chi connectivity index (χ1n) is 4.74. The van der Waals surface area contributed by atoms with Crippen LogP contribution in [0, 0.1) is 0 Å². The molecule has 0 radical (unpaired) electrons. The number of rotatable bonds is 2. The van der Waals surface area contributed by atoms with Crippen LogP contribution < -0.4 is 5.73 Å². The predicted octanol–water partition coefficient (Wildman–Crippen LogP) is 2.20. The molecule has 0 aromatic heterocycles. The van der Waals surface area contributed by atoms with Crippen molar-refractivity contribution in [3.63, 3.8) is 0 Å². The largest absolute Gasteiger partial charge is 0.481 e. The second-order valence-electron chi connectivity index (χ2n) is 3.87. The van der Waals surface area contributed by atoms with Crippen molar-refractivity contribution < 1.29 is 9.90 Å². The number of aliphatic carboxylic acids is 1. The second kappa shape index (κ2) is 4.11. The zero-order valence-electron chi connectivity index (χ0n) is 8.27. The number of nitrogen functional groups attached to an aromatic ring is 1. The van der Waals surface area contributed by atoms with Crippen LogP contribution in [0.5, 0.6) is 0 Å². The Morgan fingerprint density at radius 3 is 2.47 bits per heavy atom. The Kier molecular flexibility index (Phi) is 3.25. The molecule has 0 bridgehead atoms. The number of nitrogens with two attached hydrogens (primary N) is 1. The van der Waals surface area contributed by atoms with E-state index in [2.05, 4.69) is 0 Å². The molecule has 1 aliphatic rings. The highest BCUT2D eigenvalue weighted by atomic mass is 35.5. The van der Waals surface area contributed by atoms with E-state index >= 15 is 0 Å². The minimum atomic E-state index is -0.727. The predicted molar refractivity (Wildman–Crippen MR) is 61.3 cm³/mol. The molecule has 3 N–H and O–H groups in total. The molecule has 1 aliphatic carbocycles. The molecule has 3 nitrogen and oxygen atoms in total. The van der Waals surface area contributed by atoms with Crippen LogP contribution in [0.15, 0.2) is 24.3 Å². The van der Waals surface area contributed by atoms with Crippen molar-refractivity contribution in [1.29, 1.82) is 0 Å². The molecule has 2 rings (SSSR count). The van der Waals surface area contributed by atoms with Gasteiger partial charge in [0.25, 0.3) is 0 Å². The third-order valence-corrected chi connectivity index (χ3v) is 3.06. The highest BCUT2D eigenvalue weighted by Gasteiger charge is 2.45. The standard InChI is InChI=1S/C11H13NO2.ClH/c12-9-4-1-3-8(7-9)11(10(13)14)5-2-6-11;/h1,3-4,7H,2,5-6,12H2,(H,13,14);1H. The van der Waals surface area contributed by atoms with Crippen molar-refractivity contribution in [2.24, 2.45) is 0 Å². The van der Waals surface area contributed by atoms with Crippen molar-refractivity contribution in [2.45, 2.75) is 24.7 Å². The molecule has 0 atom stereocenters. The van der Waals surface area contributed by atoms with Crippen molar-refractivity contribution in [2.75, 3.05) is 5.73 Å². The van der Waals surface area contributed by atoms with Gasteiger partial charge in [-0.05, 0) is 30.5 Å². The molecule has 0 heterocycles. The Morgan fingerprint density at radius 2 is 2.07 bits per heavy atom. The van der Waals surface area contributed by atoms with Crippen LogP contribution in [0.3, 0.4) is 0 Å². The van der Waals surface area contributed by atoms with Gasteiger partial charge >= 0.3 is 5.97 Å². The first-order valence-corrected chi connectivity index (χ1v) is 4.74. The molecule has 82 valence electrons. The third-order valence-electron chi connectivity index (χ3n) is 3.06. The van der Waals surface area contributed by atoms with E-state index in [0.717, 1.165) is 24.8 Å². The van der Waals surface area contributed by atoms with E-state index in [0.29, 0.717) is 5.69 Å². The minimum absolute atomic E-state index is 0. The number of anilines is 1. The minimum Gasteiger partial charge on any atom is -0.481 e. The molecule has 1 saturated carbocycles. The lowest BCUT2D eigenvalue weighted by molar-refractivity contribution is -0.147. The van der Waals surface area contributed by atoms with E-state index < -0.39 is 11.4 Å². The topological polar surface area (TPSA) is 63.3 Å². The van der Waals surface area contributed by atoms with Crippen LogP contribution >= 0.6 is 12.4 Å². The van der Waals surface area contributed by atoms with Crippen LogP contribution in [0.2, 0.25) is 0 Å². The Labute approximate surface area is 94.7 Å². The highest BCUT2D eigenvalue weighted by Crippen LogP contribution is 2.44. The van der Waals surface area contributed by atoms with Crippen LogP contribution in [0.4, 0.5) is 5.69 Å². The first kappa shape index (κ1) is 11.9. The van der Waals surface area contributed by atoms with Crippen LogP contribution in [0.1, 0.15) is 24.8 Å². The Morgan fingerprint density at radius 1 is 1.40 bits per heavy atom. The smallest absolute Gasteiger partial charge is 0.314 e. The molecule has 4 heteroatoms. The molecular formula is C11H14ClNO2. The summed E-state index contributed by atoms with van der Waals surface area (Å²) in [5.41, 5.74) is 6.46. The maximum Gasteiger partial charge on any atom is 0.314 e. The zero-order chi connectivity index (χ0) is 10.2. The lowest BCUT2D eigenvalue weighted by Crippen LogP contribution is -2.42. The lowest BCUT2D eigenvalue weighted by Gasteiger charge is -2.38. The number of carbonyl (C=O) groups is 1. The van der Waals surface area contributed by atoms with Gasteiger partial charge in [-0.25, -0.2) is 0 Å². The molecule has 0 amide bonds. The summed E-state index contributed by atoms with van der Waals surface area (Å²) in [6, 6.07) is 7.21. The summed E-state index contributed by atoms with van der Waals surface area (Å²) < 4.78 is 0. The molecule has 0 spiro atoms. The SMILES string of the molecule is Cl.Nc1cccc(C2(C(=O)O)CCC2)c1. The van der Waals surface area contributed by atoms with Gasteiger partial charge < -0.3 is 10.8 Å². The van der Waals surface area contributed by atoms with Crippen molar-refractivity contribution in [3.05, 3.63) is 29.8 Å². The molecule has 0 unspecified atom stereocenters. The number of carboxylic acids is 1. The number of hydrogen-bond donors (Lipinski definition) is 2. The average molecular weight is 228 g/mol. The van der Waals surface area contributed by atoms with E-state index in [9.17, 15) is 9.90 Å². The molecule has 0 saturated heterocycles. The maximum absolute atomic E-state index is 11.2. The summed E-state index contributed by atoms with van der Waals surface area (Å²) in [5, 5.41) is 9.19. The van der Waals surface area contributed by atoms with Gasteiger partial charge in [-0.2, -0.15) is 0 Å². The van der Waals surface area contributed by atoms with Gasteiger partial charge in [-0.1, -0.05) is 18.6 Å². The maximum atomic E-state index is 11.2. The van der Waals surface area contributed by atoms with Gasteiger partial charge in [0, 0.05) is 5.69 Å². The fourth-order valence-electron chi connectivity index (χ4n) is 1.99. The Hall–Kier alpha value is -1.22. The summed E-state index contributed by atoms with van der Waals surface area (Å²) in [4.78, 5) is 11.2. The number of benzene rings is 1. The normalized spacial score (nSPS) is 17.3. The lowest BCUT2D eigenvalue weighted by atomic mass is 9.64. The molecular weight excluding hydrogens is 214 g/mol. The van der Waals surface area contributed by atoms with E-state index in [1.807, 2.05) is 12.1 Å². The van der Waals surface area contributed by atoms with Crippen molar-refractivity contribution in [1.82, 2.24) is 0 Å². The van der Waals surface area contributed by atoms with Crippen LogP contribution in [0.25, 0.3) is 0 Å². The molecule has 1 aromatic carbocycles. The van der Waals surface area contributed by atoms with Crippen LogP contribution in [-0.4, -0.2) is 11.1 Å². The monoisotopic (exact) mass is 227 g/mol. The number of hydrogen-bond acceptors (Lipinski definition) is 2. The molecule has 1 fully saturated rings. The number of halogens is 1. The summed E-state index contributed by atoms with van der Waals surface area (Å²) in [6.07, 6.45) is 2.44. The van der Waals surface area contributed by atoms with Gasteiger partial charge in [0.05, 0.1) is 5.41 Å². The van der Waals surface area contributed by atoms with Gasteiger partial charge in [0.2, 0.25) is 0 Å². The van der Waals surface area contributed by atoms with Crippen molar-refractivity contribution >= 4 is 24.1 Å². The average Bonchev–Trinajstić information content (AvgIpc) is 2.00. The fourth-order valence-corrected chi connectivity index (χ4v) is 1.99. The van der Waals surface area contributed by atoms with E-state index in [4.69, 9.17) is 5.73 Å². The van der Waals surface area contributed by atoms with Crippen molar-refractivity contribution in [3.8, 4) is 0 Å². The summed E-state index contributed by atoms with van der Waals surface area (Å²) in [5.74, 6) is -0.727. The number of carboxylic acid groups (broad SMARTS) is 1. The summed E-state index contributed by atoms with van der Waals surface area (Å²) >= 11 is 0. The molecule has 15 heavy (non-hydrogen) atoms.